The van der Waals surface area contributed by atoms with Crippen molar-refractivity contribution in [3.8, 4) is 0 Å². The van der Waals surface area contributed by atoms with Crippen LogP contribution in [-0.2, 0) is 12.8 Å². The van der Waals surface area contributed by atoms with E-state index in [2.05, 4.69) is 24.3 Å². The number of benzene rings is 2. The lowest BCUT2D eigenvalue weighted by molar-refractivity contribution is 0.525. The highest BCUT2D eigenvalue weighted by Gasteiger charge is 2.28. The van der Waals surface area contributed by atoms with Gasteiger partial charge in [-0.3, -0.25) is 0 Å². The maximum Gasteiger partial charge on any atom is 0.0453 e. The van der Waals surface area contributed by atoms with Gasteiger partial charge in [-0.25, -0.2) is 0 Å². The largest absolute Gasteiger partial charge is 0.327 e. The fourth-order valence-electron chi connectivity index (χ4n) is 3.14. The summed E-state index contributed by atoms with van der Waals surface area (Å²) in [5.41, 5.74) is 10.2. The van der Waals surface area contributed by atoms with Gasteiger partial charge in [0.1, 0.15) is 0 Å². The van der Waals surface area contributed by atoms with E-state index in [-0.39, 0.29) is 6.04 Å². The van der Waals surface area contributed by atoms with Crippen LogP contribution in [0.15, 0.2) is 42.5 Å². The first-order valence-electron chi connectivity index (χ1n) is 6.93. The zero-order chi connectivity index (χ0) is 14.1. The highest BCUT2D eigenvalue weighted by atomic mass is 35.5. The Kier molecular flexibility index (Phi) is 4.02. The lowest BCUT2D eigenvalue weighted by Gasteiger charge is -2.21. The summed E-state index contributed by atoms with van der Waals surface area (Å²) in [5.74, 6) is 0.401. The van der Waals surface area contributed by atoms with E-state index in [1.165, 1.54) is 11.1 Å². The van der Waals surface area contributed by atoms with Crippen LogP contribution in [0.5, 0.6) is 0 Å². The summed E-state index contributed by atoms with van der Waals surface area (Å²) in [4.78, 5) is 0. The highest BCUT2D eigenvalue weighted by Crippen LogP contribution is 2.37. The first kappa shape index (κ1) is 13.9. The van der Waals surface area contributed by atoms with Crippen LogP contribution in [0.1, 0.15) is 29.0 Å². The molecule has 20 heavy (non-hydrogen) atoms. The molecule has 0 radical (unpaired) electrons. The van der Waals surface area contributed by atoms with Crippen LogP contribution < -0.4 is 5.73 Å². The van der Waals surface area contributed by atoms with Crippen molar-refractivity contribution in [1.29, 1.82) is 0 Å². The maximum atomic E-state index is 6.45. The van der Waals surface area contributed by atoms with E-state index >= 15 is 0 Å². The molecule has 0 spiro atoms. The molecule has 0 aliphatic heterocycles. The van der Waals surface area contributed by atoms with Crippen molar-refractivity contribution < 1.29 is 0 Å². The predicted octanol–water partition coefficient (Wildman–Crippen LogP) is 4.59. The smallest absolute Gasteiger partial charge is 0.0453 e. The lowest BCUT2D eigenvalue weighted by Crippen LogP contribution is -2.29. The van der Waals surface area contributed by atoms with Crippen molar-refractivity contribution in [3.63, 3.8) is 0 Å². The number of nitrogens with two attached hydrogens (primary N) is 1. The maximum absolute atomic E-state index is 6.45. The molecule has 2 N–H and O–H groups in total. The molecule has 3 heteroatoms. The number of halogens is 2. The second-order valence-electron chi connectivity index (χ2n) is 5.41. The summed E-state index contributed by atoms with van der Waals surface area (Å²) in [6, 6.07) is 14.2. The molecule has 1 aliphatic rings. The monoisotopic (exact) mass is 305 g/mol. The van der Waals surface area contributed by atoms with Gasteiger partial charge in [-0.15, -0.1) is 0 Å². The van der Waals surface area contributed by atoms with E-state index < -0.39 is 0 Å². The molecule has 2 aromatic rings. The molecule has 104 valence electrons. The van der Waals surface area contributed by atoms with E-state index in [1.54, 1.807) is 0 Å². The molecule has 2 atom stereocenters. The molecule has 1 nitrogen and oxygen atoms in total. The quantitative estimate of drug-likeness (QED) is 0.881. The summed E-state index contributed by atoms with van der Waals surface area (Å²) in [6.07, 6.45) is 2.95. The Labute approximate surface area is 129 Å². The highest BCUT2D eigenvalue weighted by molar-refractivity contribution is 6.36. The van der Waals surface area contributed by atoms with E-state index in [4.69, 9.17) is 28.9 Å². The minimum atomic E-state index is 0.0519. The summed E-state index contributed by atoms with van der Waals surface area (Å²) < 4.78 is 0. The Morgan fingerprint density at radius 1 is 1.05 bits per heavy atom. The molecule has 2 unspecified atom stereocenters. The Bertz CT molecular complexity index is 604. The molecule has 2 aromatic carbocycles. The number of fused-ring (bicyclic) bond motifs is 1. The topological polar surface area (TPSA) is 26.0 Å². The zero-order valence-corrected chi connectivity index (χ0v) is 12.7. The van der Waals surface area contributed by atoms with Gasteiger partial charge in [-0.2, -0.15) is 0 Å². The van der Waals surface area contributed by atoms with Gasteiger partial charge in [0.05, 0.1) is 0 Å². The second-order valence-corrected chi connectivity index (χ2v) is 6.23. The minimum absolute atomic E-state index is 0.0519. The molecule has 0 heterocycles. The standard InChI is InChI=1S/C17H17Cl2N/c18-15-6-3-7-16(19)14(15)10-17(20)13-9-8-11-4-1-2-5-12(11)13/h1-7,13,17H,8-10,20H2. The Morgan fingerprint density at radius 2 is 1.75 bits per heavy atom. The van der Waals surface area contributed by atoms with Gasteiger partial charge in [0.15, 0.2) is 0 Å². The normalized spacial score (nSPS) is 18.9. The molecular weight excluding hydrogens is 289 g/mol. The Morgan fingerprint density at radius 3 is 2.50 bits per heavy atom. The average Bonchev–Trinajstić information content (AvgIpc) is 2.87. The molecule has 0 saturated carbocycles. The molecule has 1 aliphatic carbocycles. The Balaban J connectivity index is 1.83. The first-order chi connectivity index (χ1) is 9.66. The molecule has 0 fully saturated rings. The number of hydrogen-bond acceptors (Lipinski definition) is 1. The molecule has 0 aromatic heterocycles. The van der Waals surface area contributed by atoms with Crippen LogP contribution in [0, 0.1) is 0 Å². The van der Waals surface area contributed by atoms with Crippen LogP contribution in [-0.4, -0.2) is 6.04 Å². The third-order valence-corrected chi connectivity index (χ3v) is 4.91. The summed E-state index contributed by atoms with van der Waals surface area (Å²) in [5, 5.41) is 1.42. The second kappa shape index (κ2) is 5.77. The lowest BCUT2D eigenvalue weighted by atomic mass is 9.89. The molecular formula is C17H17Cl2N. The summed E-state index contributed by atoms with van der Waals surface area (Å²) >= 11 is 12.5. The van der Waals surface area contributed by atoms with Gasteiger partial charge in [0.25, 0.3) is 0 Å². The van der Waals surface area contributed by atoms with Crippen LogP contribution in [0.3, 0.4) is 0 Å². The van der Waals surface area contributed by atoms with E-state index in [9.17, 15) is 0 Å². The molecule has 0 bridgehead atoms. The van der Waals surface area contributed by atoms with Crippen LogP contribution in [0.2, 0.25) is 10.0 Å². The summed E-state index contributed by atoms with van der Waals surface area (Å²) in [6.45, 7) is 0. The third kappa shape index (κ3) is 2.58. The fourth-order valence-corrected chi connectivity index (χ4v) is 3.69. The number of aryl methyl sites for hydroxylation is 1. The number of rotatable bonds is 3. The number of hydrogen-bond donors (Lipinski definition) is 1. The van der Waals surface area contributed by atoms with Crippen molar-refractivity contribution in [1.82, 2.24) is 0 Å². The van der Waals surface area contributed by atoms with Gasteiger partial charge < -0.3 is 5.73 Å². The van der Waals surface area contributed by atoms with Crippen LogP contribution in [0.25, 0.3) is 0 Å². The zero-order valence-electron chi connectivity index (χ0n) is 11.2. The van der Waals surface area contributed by atoms with Crippen molar-refractivity contribution in [2.24, 2.45) is 5.73 Å². The van der Waals surface area contributed by atoms with Crippen molar-refractivity contribution in [3.05, 3.63) is 69.2 Å². The summed E-state index contributed by atoms with van der Waals surface area (Å²) in [7, 11) is 0. The minimum Gasteiger partial charge on any atom is -0.327 e. The van der Waals surface area contributed by atoms with Gasteiger partial charge in [-0.1, -0.05) is 53.5 Å². The van der Waals surface area contributed by atoms with Crippen LogP contribution in [0.4, 0.5) is 0 Å². The molecule has 0 amide bonds. The van der Waals surface area contributed by atoms with Gasteiger partial charge >= 0.3 is 0 Å². The van der Waals surface area contributed by atoms with Gasteiger partial charge in [0.2, 0.25) is 0 Å². The average molecular weight is 306 g/mol. The van der Waals surface area contributed by atoms with Crippen LogP contribution >= 0.6 is 23.2 Å². The predicted molar refractivity (Wildman–Crippen MR) is 85.6 cm³/mol. The molecule has 3 rings (SSSR count). The van der Waals surface area contributed by atoms with Crippen molar-refractivity contribution >= 4 is 23.2 Å². The fraction of sp³-hybridized carbons (Fsp3) is 0.294. The molecule has 0 saturated heterocycles. The van der Waals surface area contributed by atoms with Crippen molar-refractivity contribution in [2.75, 3.05) is 0 Å². The third-order valence-electron chi connectivity index (χ3n) is 4.20. The van der Waals surface area contributed by atoms with Gasteiger partial charge in [-0.05, 0) is 54.0 Å². The SMILES string of the molecule is NC(Cc1c(Cl)cccc1Cl)C1CCc2ccccc21. The Hall–Kier alpha value is -1.02. The first-order valence-corrected chi connectivity index (χ1v) is 7.68. The van der Waals surface area contributed by atoms with E-state index in [0.29, 0.717) is 16.0 Å². The van der Waals surface area contributed by atoms with Gasteiger partial charge in [0, 0.05) is 16.1 Å². The van der Waals surface area contributed by atoms with Crippen molar-refractivity contribution in [2.45, 2.75) is 31.2 Å². The van der Waals surface area contributed by atoms with E-state index in [0.717, 1.165) is 24.8 Å². The van der Waals surface area contributed by atoms with E-state index in [1.807, 2.05) is 18.2 Å².